The Morgan fingerprint density at radius 1 is 1.53 bits per heavy atom. The highest BCUT2D eigenvalue weighted by molar-refractivity contribution is 7.79. The Kier molecular flexibility index (Phi) is 6.86. The van der Waals surface area contributed by atoms with Gasteiger partial charge in [-0.2, -0.15) is 12.6 Å². The third-order valence-electron chi connectivity index (χ3n) is 2.17. The van der Waals surface area contributed by atoms with Crippen molar-refractivity contribution >= 4 is 19.0 Å². The van der Waals surface area contributed by atoms with E-state index in [0.717, 1.165) is 12.8 Å². The Labute approximate surface area is 96.5 Å². The molecule has 0 radical (unpaired) electrons. The minimum Gasteiger partial charge on any atom is -0.359 e. The zero-order valence-electron chi connectivity index (χ0n) is 9.47. The molecule has 0 saturated carbocycles. The molecule has 0 aliphatic carbocycles. The van der Waals surface area contributed by atoms with Crippen molar-refractivity contribution in [2.45, 2.75) is 25.8 Å². The summed E-state index contributed by atoms with van der Waals surface area (Å²) >= 11 is 3.53. The Balaban J connectivity index is 0.000000921. The topological polar surface area (TPSA) is 46.9 Å². The Morgan fingerprint density at radius 3 is 2.67 bits per heavy atom. The van der Waals surface area contributed by atoms with Crippen LogP contribution < -0.4 is 5.32 Å². The van der Waals surface area contributed by atoms with Gasteiger partial charge in [0.15, 0.2) is 0 Å². The van der Waals surface area contributed by atoms with E-state index in [1.54, 1.807) is 18.8 Å². The monoisotopic (exact) mass is 229 g/mol. The number of carbonyl (C=O) groups is 1. The van der Waals surface area contributed by atoms with Gasteiger partial charge >= 0.3 is 0 Å². The molecule has 0 bridgehead atoms. The first-order valence-electron chi connectivity index (χ1n) is 4.77. The lowest BCUT2D eigenvalue weighted by molar-refractivity contribution is -0.109. The zero-order valence-corrected chi connectivity index (χ0v) is 10.4. The van der Waals surface area contributed by atoms with Crippen LogP contribution >= 0.6 is 12.6 Å². The fourth-order valence-electron chi connectivity index (χ4n) is 1.18. The minimum atomic E-state index is 0.00646. The maximum Gasteiger partial charge on any atom is 0.207 e. The van der Waals surface area contributed by atoms with Crippen LogP contribution in [0.15, 0.2) is 18.7 Å². The predicted octanol–water partition coefficient (Wildman–Crippen LogP) is 1.30. The van der Waals surface area contributed by atoms with Gasteiger partial charge in [-0.05, 0) is 26.5 Å². The summed E-state index contributed by atoms with van der Waals surface area (Å²) in [5, 5.41) is 2.65. The van der Waals surface area contributed by atoms with E-state index in [4.69, 9.17) is 0 Å². The van der Waals surface area contributed by atoms with Crippen molar-refractivity contribution < 1.29 is 4.79 Å². The molecule has 1 amide bonds. The minimum absolute atomic E-state index is 0.00646. The smallest absolute Gasteiger partial charge is 0.207 e. The van der Waals surface area contributed by atoms with Gasteiger partial charge in [0.1, 0.15) is 0 Å². The van der Waals surface area contributed by atoms with E-state index in [9.17, 15) is 4.79 Å². The summed E-state index contributed by atoms with van der Waals surface area (Å²) in [6, 6.07) is 0. The lowest BCUT2D eigenvalue weighted by Gasteiger charge is -2.26. The van der Waals surface area contributed by atoms with Crippen LogP contribution in [0, 0.1) is 0 Å². The number of imidazole rings is 1. The highest BCUT2D eigenvalue weighted by atomic mass is 32.1. The number of thiol groups is 1. The number of amides is 1. The second-order valence-electron chi connectivity index (χ2n) is 3.60. The van der Waals surface area contributed by atoms with E-state index < -0.39 is 0 Å². The van der Waals surface area contributed by atoms with Crippen molar-refractivity contribution in [2.24, 2.45) is 0 Å². The summed E-state index contributed by atoms with van der Waals surface area (Å²) in [7, 11) is 0. The second-order valence-corrected chi connectivity index (χ2v) is 3.60. The van der Waals surface area contributed by atoms with E-state index in [-0.39, 0.29) is 5.54 Å². The number of nitrogens with zero attached hydrogens (tertiary/aromatic N) is 2. The molecular weight excluding hydrogens is 210 g/mol. The molecule has 1 N–H and O–H groups in total. The molecule has 0 atom stereocenters. The molecule has 1 rings (SSSR count). The zero-order chi connectivity index (χ0) is 11.7. The summed E-state index contributed by atoms with van der Waals surface area (Å²) in [5.74, 6) is 0. The summed E-state index contributed by atoms with van der Waals surface area (Å²) in [5.41, 5.74) is 0.00646. The fraction of sp³-hybridized carbons (Fsp3) is 0.600. The van der Waals surface area contributed by atoms with Crippen LogP contribution in [0.2, 0.25) is 0 Å². The molecule has 1 heterocycles. The first-order chi connectivity index (χ1) is 7.17. The molecule has 1 aromatic rings. The molecule has 4 nitrogen and oxygen atoms in total. The van der Waals surface area contributed by atoms with Gasteiger partial charge in [-0.3, -0.25) is 4.79 Å². The van der Waals surface area contributed by atoms with Gasteiger partial charge in [0.25, 0.3) is 0 Å². The number of rotatable bonds is 5. The molecule has 0 saturated heterocycles. The molecule has 5 heteroatoms. The van der Waals surface area contributed by atoms with Crippen LogP contribution in [0.5, 0.6) is 0 Å². The summed E-state index contributed by atoms with van der Waals surface area (Å²) < 4.78 is 2.04. The quantitative estimate of drug-likeness (QED) is 0.454. The number of hydrogen-bond acceptors (Lipinski definition) is 3. The van der Waals surface area contributed by atoms with Crippen molar-refractivity contribution in [3.8, 4) is 0 Å². The molecule has 15 heavy (non-hydrogen) atoms. The van der Waals surface area contributed by atoms with Crippen LogP contribution in [0.3, 0.4) is 0 Å². The maximum absolute atomic E-state index is 10.0. The van der Waals surface area contributed by atoms with E-state index in [0.29, 0.717) is 6.54 Å². The van der Waals surface area contributed by atoms with E-state index in [2.05, 4.69) is 36.8 Å². The molecular formula is C10H19N3OS. The third kappa shape index (κ3) is 4.88. The number of hydrogen-bond donors (Lipinski definition) is 2. The first kappa shape index (κ1) is 14.0. The van der Waals surface area contributed by atoms with Gasteiger partial charge in [0, 0.05) is 24.5 Å². The van der Waals surface area contributed by atoms with Gasteiger partial charge in [0.2, 0.25) is 6.41 Å². The van der Waals surface area contributed by atoms with Crippen molar-refractivity contribution in [1.82, 2.24) is 14.9 Å². The average Bonchev–Trinajstić information content (AvgIpc) is 2.74. The molecule has 0 unspecified atom stereocenters. The predicted molar refractivity (Wildman–Crippen MR) is 65.1 cm³/mol. The normalized spacial score (nSPS) is 10.1. The van der Waals surface area contributed by atoms with E-state index in [1.807, 2.05) is 10.8 Å². The molecule has 0 aliphatic rings. The van der Waals surface area contributed by atoms with Gasteiger partial charge in [-0.25, -0.2) is 4.98 Å². The average molecular weight is 229 g/mol. The van der Waals surface area contributed by atoms with Gasteiger partial charge in [-0.15, -0.1) is 0 Å². The molecule has 86 valence electrons. The molecule has 1 aromatic heterocycles. The first-order valence-corrected chi connectivity index (χ1v) is 5.66. The van der Waals surface area contributed by atoms with E-state index >= 15 is 0 Å². The molecule has 0 fully saturated rings. The van der Waals surface area contributed by atoms with Crippen LogP contribution in [0.25, 0.3) is 0 Å². The van der Waals surface area contributed by atoms with Crippen LogP contribution in [0.4, 0.5) is 0 Å². The van der Waals surface area contributed by atoms with Crippen molar-refractivity contribution in [1.29, 1.82) is 0 Å². The van der Waals surface area contributed by atoms with Crippen molar-refractivity contribution in [3.05, 3.63) is 18.7 Å². The maximum atomic E-state index is 10.0. The Morgan fingerprint density at radius 2 is 2.20 bits per heavy atom. The third-order valence-corrected chi connectivity index (χ3v) is 2.17. The second kappa shape index (κ2) is 7.34. The molecule has 0 spiro atoms. The van der Waals surface area contributed by atoms with Gasteiger partial charge < -0.3 is 9.88 Å². The number of carbonyl (C=O) groups excluding carboxylic acids is 1. The number of nitrogens with one attached hydrogen (secondary N) is 1. The number of aromatic nitrogens is 2. The summed E-state index contributed by atoms with van der Waals surface area (Å²) in [6.45, 7) is 4.91. The Hall–Kier alpha value is -0.970. The molecule has 0 aliphatic heterocycles. The highest BCUT2D eigenvalue weighted by Gasteiger charge is 2.18. The summed E-state index contributed by atoms with van der Waals surface area (Å²) in [4.78, 5) is 14.0. The van der Waals surface area contributed by atoms with Crippen LogP contribution in [0.1, 0.15) is 20.3 Å². The van der Waals surface area contributed by atoms with Gasteiger partial charge in [-0.1, -0.05) is 0 Å². The Bertz CT molecular complexity index is 260. The van der Waals surface area contributed by atoms with E-state index in [1.165, 1.54) is 0 Å². The van der Waals surface area contributed by atoms with Crippen LogP contribution in [-0.2, 0) is 10.3 Å². The molecule has 0 aromatic carbocycles. The highest BCUT2D eigenvalue weighted by Crippen LogP contribution is 2.17. The SMILES string of the molecule is CC(C)(CCNC=O)n1ccnc1.CS. The standard InChI is InChI=1S/C9H15N3O.CH4S/c1-9(2,3-4-11-8-13)12-6-5-10-7-12;1-2/h5-8H,3-4H2,1-2H3,(H,11,13);2H,1H3. The largest absolute Gasteiger partial charge is 0.359 e. The summed E-state index contributed by atoms with van der Waals surface area (Å²) in [6.07, 6.45) is 8.79. The van der Waals surface area contributed by atoms with Crippen molar-refractivity contribution in [3.63, 3.8) is 0 Å². The lowest BCUT2D eigenvalue weighted by Crippen LogP contribution is -2.29. The fourth-order valence-corrected chi connectivity index (χ4v) is 1.18. The van der Waals surface area contributed by atoms with Crippen molar-refractivity contribution in [2.75, 3.05) is 12.8 Å². The lowest BCUT2D eigenvalue weighted by atomic mass is 10.0. The van der Waals surface area contributed by atoms with Crippen LogP contribution in [-0.4, -0.2) is 28.8 Å². The van der Waals surface area contributed by atoms with Gasteiger partial charge in [0.05, 0.1) is 6.33 Å².